The number of halogens is 6. The third kappa shape index (κ3) is 5.78. The van der Waals surface area contributed by atoms with Gasteiger partial charge >= 0.3 is 0 Å². The summed E-state index contributed by atoms with van der Waals surface area (Å²) in [7, 11) is -4.97. The van der Waals surface area contributed by atoms with Crippen molar-refractivity contribution in [1.29, 1.82) is 0 Å². The second-order valence-electron chi connectivity index (χ2n) is 7.24. The number of hydrogen-bond acceptors (Lipinski definition) is 5. The highest BCUT2D eigenvalue weighted by Gasteiger charge is 2.33. The number of nitrogens with one attached hydrogen (secondary N) is 1. The highest BCUT2D eigenvalue weighted by Crippen LogP contribution is 2.27. The zero-order valence-corrected chi connectivity index (χ0v) is 18.5. The molecule has 33 heavy (non-hydrogen) atoms. The molecule has 1 heterocycles. The first-order chi connectivity index (χ1) is 15.0. The average Bonchev–Trinajstić information content (AvgIpc) is 2.75. The Morgan fingerprint density at radius 3 is 2.18 bits per heavy atom. The van der Waals surface area contributed by atoms with E-state index in [4.69, 9.17) is 0 Å². The van der Waals surface area contributed by atoms with Gasteiger partial charge in [0, 0.05) is 31.8 Å². The van der Waals surface area contributed by atoms with Gasteiger partial charge in [0.05, 0.1) is 4.92 Å². The van der Waals surface area contributed by atoms with Crippen LogP contribution in [0.1, 0.15) is 24.0 Å². The van der Waals surface area contributed by atoms with Crippen LogP contribution in [-0.2, 0) is 23.0 Å². The molecule has 0 saturated carbocycles. The fourth-order valence-electron chi connectivity index (χ4n) is 3.47. The van der Waals surface area contributed by atoms with Crippen LogP contribution in [0.3, 0.4) is 0 Å². The molecule has 0 fully saturated rings. The summed E-state index contributed by atoms with van der Waals surface area (Å²) in [4.78, 5) is 10.5. The smallest absolute Gasteiger partial charge is 0.269 e. The van der Waals surface area contributed by atoms with Crippen LogP contribution >= 0.6 is 12.4 Å². The minimum absolute atomic E-state index is 0. The average molecular weight is 516 g/mol. The fraction of sp³-hybridized carbons (Fsp3) is 0.368. The number of sulfonamides is 1. The molecule has 2 aromatic rings. The van der Waals surface area contributed by atoms with Crippen LogP contribution in [0.25, 0.3) is 0 Å². The molecule has 2 aromatic carbocycles. The highest BCUT2D eigenvalue weighted by atomic mass is 35.5. The molecule has 7 nitrogen and oxygen atoms in total. The van der Waals surface area contributed by atoms with Crippen molar-refractivity contribution < 1.29 is 35.3 Å². The lowest BCUT2D eigenvalue weighted by molar-refractivity contribution is -0.385. The van der Waals surface area contributed by atoms with Gasteiger partial charge < -0.3 is 0 Å². The van der Waals surface area contributed by atoms with Gasteiger partial charge in [-0.15, -0.1) is 12.4 Å². The lowest BCUT2D eigenvalue weighted by Gasteiger charge is -2.28. The van der Waals surface area contributed by atoms with Crippen LogP contribution in [0.5, 0.6) is 0 Å². The van der Waals surface area contributed by atoms with Gasteiger partial charge in [-0.1, -0.05) is 6.07 Å². The Labute approximate surface area is 192 Å². The number of nitro groups is 1. The molecule has 0 amide bonds. The van der Waals surface area contributed by atoms with E-state index >= 15 is 0 Å². The minimum atomic E-state index is -4.97. The van der Waals surface area contributed by atoms with E-state index in [1.54, 1.807) is 6.07 Å². The molecule has 1 aliphatic rings. The number of benzene rings is 2. The lowest BCUT2D eigenvalue weighted by atomic mass is 9.99. The molecule has 0 radical (unpaired) electrons. The van der Waals surface area contributed by atoms with Crippen molar-refractivity contribution in [3.05, 3.63) is 68.5 Å². The van der Waals surface area contributed by atoms with E-state index in [2.05, 4.69) is 0 Å². The number of nitrogens with zero attached hydrogens (tertiary/aromatic N) is 2. The zero-order valence-electron chi connectivity index (χ0n) is 16.9. The number of non-ortho nitro benzene ring substituents is 1. The summed E-state index contributed by atoms with van der Waals surface area (Å²) in [6.45, 7) is 1.42. The minimum Gasteiger partial charge on any atom is -0.299 e. The van der Waals surface area contributed by atoms with Crippen molar-refractivity contribution in [2.24, 2.45) is 0 Å². The first-order valence-electron chi connectivity index (χ1n) is 9.52. The standard InChI is InChI=1S/C19H18F5N3O4S.ClH/c20-14-15(21)17(23)19(18(24)16(14)22)32(30,31)25-6-1-2-7-26-8-5-11-3-4-13(27(28)29)9-12(11)10-26;/h3-4,9,25H,1-2,5-8,10H2;1H. The largest absolute Gasteiger partial charge is 0.299 e. The Morgan fingerprint density at radius 2 is 1.58 bits per heavy atom. The van der Waals surface area contributed by atoms with Crippen molar-refractivity contribution in [2.45, 2.75) is 30.7 Å². The number of hydrogen-bond donors (Lipinski definition) is 1. The van der Waals surface area contributed by atoms with Crippen molar-refractivity contribution >= 4 is 28.1 Å². The Balaban J connectivity index is 0.00000385. The van der Waals surface area contributed by atoms with Crippen LogP contribution in [0, 0.1) is 39.2 Å². The molecular weight excluding hydrogens is 497 g/mol. The SMILES string of the molecule is Cl.O=[N+]([O-])c1ccc2c(c1)CN(CCCCNS(=O)(=O)c1c(F)c(F)c(F)c(F)c1F)CC2. The van der Waals surface area contributed by atoms with Crippen LogP contribution in [0.2, 0.25) is 0 Å². The van der Waals surface area contributed by atoms with Gasteiger partial charge in [0.1, 0.15) is 0 Å². The molecule has 0 aromatic heterocycles. The number of nitro benzene ring substituents is 1. The Kier molecular flexibility index (Phi) is 8.74. The second kappa shape index (κ2) is 10.7. The molecule has 0 unspecified atom stereocenters. The maximum atomic E-state index is 13.7. The molecule has 0 aliphatic carbocycles. The monoisotopic (exact) mass is 515 g/mol. The molecule has 0 spiro atoms. The van der Waals surface area contributed by atoms with E-state index in [1.807, 2.05) is 9.62 Å². The van der Waals surface area contributed by atoms with E-state index in [1.165, 1.54) is 12.1 Å². The summed E-state index contributed by atoms with van der Waals surface area (Å²) in [5.41, 5.74) is 1.84. The zero-order chi connectivity index (χ0) is 23.6. The molecule has 0 saturated heterocycles. The Morgan fingerprint density at radius 1 is 0.970 bits per heavy atom. The van der Waals surface area contributed by atoms with Gasteiger partial charge in [-0.3, -0.25) is 15.0 Å². The molecule has 14 heteroatoms. The normalized spacial score (nSPS) is 14.0. The van der Waals surface area contributed by atoms with Crippen molar-refractivity contribution in [2.75, 3.05) is 19.6 Å². The summed E-state index contributed by atoms with van der Waals surface area (Å²) >= 11 is 0. The first-order valence-corrected chi connectivity index (χ1v) is 11.0. The van der Waals surface area contributed by atoms with Gasteiger partial charge in [0.2, 0.25) is 15.8 Å². The summed E-state index contributed by atoms with van der Waals surface area (Å²) in [6, 6.07) is 4.68. The molecule has 1 N–H and O–H groups in total. The maximum Gasteiger partial charge on any atom is 0.269 e. The van der Waals surface area contributed by atoms with Gasteiger partial charge in [-0.05, 0) is 36.9 Å². The van der Waals surface area contributed by atoms with Crippen LogP contribution in [0.4, 0.5) is 27.6 Å². The topological polar surface area (TPSA) is 92.6 Å². The molecule has 1 aliphatic heterocycles. The third-order valence-electron chi connectivity index (χ3n) is 5.12. The van der Waals surface area contributed by atoms with E-state index in [0.717, 1.165) is 11.1 Å². The summed E-state index contributed by atoms with van der Waals surface area (Å²) < 4.78 is 93.0. The lowest BCUT2D eigenvalue weighted by Crippen LogP contribution is -2.32. The Hall–Kier alpha value is -2.35. The predicted molar refractivity (Wildman–Crippen MR) is 110 cm³/mol. The van der Waals surface area contributed by atoms with Gasteiger partial charge in [0.15, 0.2) is 28.2 Å². The number of fused-ring (bicyclic) bond motifs is 1. The second-order valence-corrected chi connectivity index (χ2v) is 8.94. The number of unbranched alkanes of at least 4 members (excludes halogenated alkanes) is 1. The van der Waals surface area contributed by atoms with Crippen molar-refractivity contribution in [3.63, 3.8) is 0 Å². The van der Waals surface area contributed by atoms with Gasteiger partial charge in [-0.25, -0.2) is 35.1 Å². The van der Waals surface area contributed by atoms with E-state index in [-0.39, 0.29) is 31.1 Å². The van der Waals surface area contributed by atoms with Gasteiger partial charge in [0.25, 0.3) is 5.69 Å². The predicted octanol–water partition coefficient (Wildman–Crippen LogP) is 3.83. The molecule has 0 atom stereocenters. The molecule has 182 valence electrons. The summed E-state index contributed by atoms with van der Waals surface area (Å²) in [5, 5.41) is 10.9. The van der Waals surface area contributed by atoms with Crippen LogP contribution in [0.15, 0.2) is 23.1 Å². The number of rotatable bonds is 8. The maximum absolute atomic E-state index is 13.7. The highest BCUT2D eigenvalue weighted by molar-refractivity contribution is 7.89. The van der Waals surface area contributed by atoms with Crippen LogP contribution < -0.4 is 4.72 Å². The molecular formula is C19H19ClF5N3O4S. The van der Waals surface area contributed by atoms with E-state index in [0.29, 0.717) is 32.5 Å². The van der Waals surface area contributed by atoms with E-state index in [9.17, 15) is 40.5 Å². The third-order valence-corrected chi connectivity index (χ3v) is 6.60. The summed E-state index contributed by atoms with van der Waals surface area (Å²) in [5.74, 6) is -12.0. The van der Waals surface area contributed by atoms with Gasteiger partial charge in [-0.2, -0.15) is 0 Å². The first kappa shape index (κ1) is 26.9. The van der Waals surface area contributed by atoms with Crippen molar-refractivity contribution in [3.8, 4) is 0 Å². The quantitative estimate of drug-likeness (QED) is 0.144. The molecule has 0 bridgehead atoms. The Bertz CT molecular complexity index is 1140. The van der Waals surface area contributed by atoms with Crippen LogP contribution in [-0.4, -0.2) is 37.9 Å². The van der Waals surface area contributed by atoms with E-state index < -0.39 is 48.9 Å². The fourth-order valence-corrected chi connectivity index (χ4v) is 4.67. The van der Waals surface area contributed by atoms with Crippen molar-refractivity contribution in [1.82, 2.24) is 9.62 Å². The summed E-state index contributed by atoms with van der Waals surface area (Å²) in [6.07, 6.45) is 1.39. The molecule has 3 rings (SSSR count).